The van der Waals surface area contributed by atoms with Crippen molar-refractivity contribution in [2.75, 3.05) is 5.32 Å². The van der Waals surface area contributed by atoms with Crippen molar-refractivity contribution in [3.8, 4) is 0 Å². The van der Waals surface area contributed by atoms with Crippen LogP contribution in [0.4, 0.5) is 11.5 Å². The first-order chi connectivity index (χ1) is 8.86. The van der Waals surface area contributed by atoms with Crippen molar-refractivity contribution in [2.24, 2.45) is 0 Å². The first-order valence-corrected chi connectivity index (χ1v) is 6.39. The molecule has 0 radical (unpaired) electrons. The highest BCUT2D eigenvalue weighted by molar-refractivity contribution is 6.31. The van der Waals surface area contributed by atoms with E-state index in [1.807, 2.05) is 0 Å². The molecular formula is C13H13Cl2N3O. The third kappa shape index (κ3) is 3.56. The van der Waals surface area contributed by atoms with E-state index in [1.165, 1.54) is 6.20 Å². The Kier molecular flexibility index (Phi) is 3.94. The molecule has 0 amide bonds. The lowest BCUT2D eigenvalue weighted by atomic mass is 9.98. The van der Waals surface area contributed by atoms with Crippen LogP contribution in [0.2, 0.25) is 10.2 Å². The van der Waals surface area contributed by atoms with Gasteiger partial charge in [-0.1, -0.05) is 23.2 Å². The van der Waals surface area contributed by atoms with Gasteiger partial charge in [-0.3, -0.25) is 4.98 Å². The third-order valence-corrected chi connectivity index (χ3v) is 3.01. The number of halogens is 2. The van der Waals surface area contributed by atoms with Gasteiger partial charge in [0.1, 0.15) is 5.15 Å². The molecule has 0 spiro atoms. The van der Waals surface area contributed by atoms with Crippen LogP contribution in [-0.2, 0) is 5.60 Å². The van der Waals surface area contributed by atoms with Gasteiger partial charge >= 0.3 is 0 Å². The van der Waals surface area contributed by atoms with Crippen LogP contribution in [0.3, 0.4) is 0 Å². The van der Waals surface area contributed by atoms with Gasteiger partial charge in [0.2, 0.25) is 0 Å². The number of anilines is 2. The molecule has 2 aromatic rings. The topological polar surface area (TPSA) is 58.0 Å². The molecule has 0 saturated heterocycles. The summed E-state index contributed by atoms with van der Waals surface area (Å²) >= 11 is 11.8. The fraction of sp³-hybridized carbons (Fsp3) is 0.231. The summed E-state index contributed by atoms with van der Waals surface area (Å²) in [5, 5.41) is 13.9. The van der Waals surface area contributed by atoms with E-state index in [9.17, 15) is 5.11 Å². The minimum Gasteiger partial charge on any atom is -0.386 e. The van der Waals surface area contributed by atoms with E-state index >= 15 is 0 Å². The SMILES string of the molecule is CC(C)(O)c1cc(Nc2cncc(Cl)n2)ccc1Cl. The van der Waals surface area contributed by atoms with Crippen LogP contribution in [0, 0.1) is 0 Å². The van der Waals surface area contributed by atoms with Crippen molar-refractivity contribution >= 4 is 34.7 Å². The number of benzene rings is 1. The molecule has 0 aliphatic heterocycles. The molecule has 2 N–H and O–H groups in total. The first-order valence-electron chi connectivity index (χ1n) is 5.63. The van der Waals surface area contributed by atoms with Crippen LogP contribution in [-0.4, -0.2) is 15.1 Å². The van der Waals surface area contributed by atoms with E-state index in [2.05, 4.69) is 15.3 Å². The fourth-order valence-corrected chi connectivity index (χ4v) is 2.12. The summed E-state index contributed by atoms with van der Waals surface area (Å²) < 4.78 is 0. The molecule has 2 rings (SSSR count). The Balaban J connectivity index is 2.32. The summed E-state index contributed by atoms with van der Waals surface area (Å²) in [5.41, 5.74) is 0.363. The summed E-state index contributed by atoms with van der Waals surface area (Å²) in [6.07, 6.45) is 3.01. The smallest absolute Gasteiger partial charge is 0.150 e. The van der Waals surface area contributed by atoms with Crippen molar-refractivity contribution < 1.29 is 5.11 Å². The third-order valence-electron chi connectivity index (χ3n) is 2.50. The van der Waals surface area contributed by atoms with Crippen molar-refractivity contribution in [1.29, 1.82) is 0 Å². The van der Waals surface area contributed by atoms with Crippen molar-refractivity contribution in [3.63, 3.8) is 0 Å². The maximum Gasteiger partial charge on any atom is 0.150 e. The van der Waals surface area contributed by atoms with Crippen molar-refractivity contribution in [3.05, 3.63) is 46.3 Å². The van der Waals surface area contributed by atoms with Gasteiger partial charge in [0.15, 0.2) is 5.82 Å². The van der Waals surface area contributed by atoms with Crippen LogP contribution < -0.4 is 5.32 Å². The number of hydrogen-bond acceptors (Lipinski definition) is 4. The molecule has 0 bridgehead atoms. The normalized spacial score (nSPS) is 11.4. The molecule has 0 unspecified atom stereocenters. The van der Waals surface area contributed by atoms with Gasteiger partial charge in [-0.05, 0) is 32.0 Å². The molecule has 0 atom stereocenters. The largest absolute Gasteiger partial charge is 0.386 e. The summed E-state index contributed by atoms with van der Waals surface area (Å²) in [6, 6.07) is 5.28. The Bertz CT molecular complexity index is 597. The highest BCUT2D eigenvalue weighted by Crippen LogP contribution is 2.30. The van der Waals surface area contributed by atoms with Crippen LogP contribution in [0.15, 0.2) is 30.6 Å². The Labute approximate surface area is 121 Å². The number of rotatable bonds is 3. The molecule has 19 heavy (non-hydrogen) atoms. The molecular weight excluding hydrogens is 285 g/mol. The Morgan fingerprint density at radius 2 is 1.95 bits per heavy atom. The van der Waals surface area contributed by atoms with E-state index < -0.39 is 5.60 Å². The lowest BCUT2D eigenvalue weighted by molar-refractivity contribution is 0.0788. The Hall–Kier alpha value is -1.36. The van der Waals surface area contributed by atoms with Gasteiger partial charge in [-0.2, -0.15) is 0 Å². The monoisotopic (exact) mass is 297 g/mol. The van der Waals surface area contributed by atoms with Crippen LogP contribution in [0.25, 0.3) is 0 Å². The predicted octanol–water partition coefficient (Wildman–Crippen LogP) is 3.75. The molecule has 0 saturated carbocycles. The summed E-state index contributed by atoms with van der Waals surface area (Å²) in [7, 11) is 0. The predicted molar refractivity (Wildman–Crippen MR) is 77.0 cm³/mol. The van der Waals surface area contributed by atoms with E-state index in [4.69, 9.17) is 23.2 Å². The van der Waals surface area contributed by atoms with Crippen molar-refractivity contribution in [2.45, 2.75) is 19.4 Å². The lowest BCUT2D eigenvalue weighted by Crippen LogP contribution is -2.16. The van der Waals surface area contributed by atoms with E-state index in [1.54, 1.807) is 38.2 Å². The highest BCUT2D eigenvalue weighted by atomic mass is 35.5. The number of aliphatic hydroxyl groups is 1. The minimum absolute atomic E-state index is 0.307. The standard InChI is InChI=1S/C13H13Cl2N3O/c1-13(2,19)9-5-8(3-4-10(9)14)17-12-7-16-6-11(15)18-12/h3-7,19H,1-2H3,(H,17,18). The van der Waals surface area contributed by atoms with Gasteiger partial charge in [0.05, 0.1) is 18.0 Å². The van der Waals surface area contributed by atoms with Gasteiger partial charge in [0, 0.05) is 16.3 Å². The fourth-order valence-electron chi connectivity index (χ4n) is 1.62. The molecule has 1 aromatic carbocycles. The lowest BCUT2D eigenvalue weighted by Gasteiger charge is -2.20. The number of aromatic nitrogens is 2. The maximum absolute atomic E-state index is 10.0. The molecule has 6 heteroatoms. The minimum atomic E-state index is -1.02. The summed E-state index contributed by atoms with van der Waals surface area (Å²) in [4.78, 5) is 8.02. The Morgan fingerprint density at radius 3 is 2.58 bits per heavy atom. The zero-order valence-corrected chi connectivity index (χ0v) is 12.0. The van der Waals surface area contributed by atoms with E-state index in [-0.39, 0.29) is 0 Å². The highest BCUT2D eigenvalue weighted by Gasteiger charge is 2.19. The maximum atomic E-state index is 10.0. The first kappa shape index (κ1) is 14.1. The van der Waals surface area contributed by atoms with Gasteiger partial charge in [-0.15, -0.1) is 0 Å². The van der Waals surface area contributed by atoms with Gasteiger partial charge in [0.25, 0.3) is 0 Å². The molecule has 1 aromatic heterocycles. The average molecular weight is 298 g/mol. The summed E-state index contributed by atoms with van der Waals surface area (Å²) in [6.45, 7) is 3.36. The Morgan fingerprint density at radius 1 is 1.21 bits per heavy atom. The van der Waals surface area contributed by atoms with Gasteiger partial charge in [-0.25, -0.2) is 4.98 Å². The molecule has 1 heterocycles. The quantitative estimate of drug-likeness (QED) is 0.906. The molecule has 0 aliphatic carbocycles. The van der Waals surface area contributed by atoms with E-state index in [0.717, 1.165) is 5.69 Å². The molecule has 0 aliphatic rings. The molecule has 4 nitrogen and oxygen atoms in total. The number of nitrogens with zero attached hydrogens (tertiary/aromatic N) is 2. The second kappa shape index (κ2) is 5.33. The number of hydrogen-bond donors (Lipinski definition) is 2. The molecule has 100 valence electrons. The zero-order chi connectivity index (χ0) is 14.0. The summed E-state index contributed by atoms with van der Waals surface area (Å²) in [5.74, 6) is 0.525. The van der Waals surface area contributed by atoms with Crippen molar-refractivity contribution in [1.82, 2.24) is 9.97 Å². The zero-order valence-electron chi connectivity index (χ0n) is 10.5. The van der Waals surface area contributed by atoms with Gasteiger partial charge < -0.3 is 10.4 Å². The van der Waals surface area contributed by atoms with Crippen LogP contribution in [0.5, 0.6) is 0 Å². The van der Waals surface area contributed by atoms with Crippen LogP contribution in [0.1, 0.15) is 19.4 Å². The van der Waals surface area contributed by atoms with Crippen LogP contribution >= 0.6 is 23.2 Å². The second-order valence-corrected chi connectivity index (χ2v) is 5.40. The molecule has 0 fully saturated rings. The number of nitrogens with one attached hydrogen (secondary N) is 1. The van der Waals surface area contributed by atoms with E-state index in [0.29, 0.717) is 21.6 Å². The average Bonchev–Trinajstić information content (AvgIpc) is 2.30. The second-order valence-electron chi connectivity index (χ2n) is 4.61.